The Morgan fingerprint density at radius 1 is 0.968 bits per heavy atom. The molecule has 0 aromatic heterocycles. The number of carbonyl (C=O) groups excluding carboxylic acids is 2. The summed E-state index contributed by atoms with van der Waals surface area (Å²) in [5.41, 5.74) is 5.32. The van der Waals surface area contributed by atoms with E-state index < -0.39 is 11.8 Å². The molecule has 31 heavy (non-hydrogen) atoms. The first kappa shape index (κ1) is 21.6. The van der Waals surface area contributed by atoms with E-state index in [-0.39, 0.29) is 0 Å². The van der Waals surface area contributed by atoms with Crippen LogP contribution < -0.4 is 20.2 Å². The summed E-state index contributed by atoms with van der Waals surface area (Å²) < 4.78 is 11.0. The van der Waals surface area contributed by atoms with Gasteiger partial charge in [0.05, 0.1) is 19.0 Å². The Kier molecular flexibility index (Phi) is 7.37. The molecule has 3 rings (SSSR count). The highest BCUT2D eigenvalue weighted by atomic mass is 16.5. The van der Waals surface area contributed by atoms with Crippen LogP contribution in [0.2, 0.25) is 0 Å². The van der Waals surface area contributed by atoms with Crippen molar-refractivity contribution in [3.05, 3.63) is 89.5 Å². The van der Waals surface area contributed by atoms with Crippen LogP contribution in [0.15, 0.2) is 77.9 Å². The molecule has 0 radical (unpaired) electrons. The fourth-order valence-electron chi connectivity index (χ4n) is 2.74. The van der Waals surface area contributed by atoms with Crippen LogP contribution in [0.3, 0.4) is 0 Å². The number of aryl methyl sites for hydroxylation is 1. The number of amides is 2. The minimum atomic E-state index is -0.892. The van der Waals surface area contributed by atoms with Crippen LogP contribution >= 0.6 is 0 Å². The Morgan fingerprint density at radius 3 is 2.55 bits per heavy atom. The van der Waals surface area contributed by atoms with E-state index in [4.69, 9.17) is 9.47 Å². The van der Waals surface area contributed by atoms with Gasteiger partial charge in [0.2, 0.25) is 0 Å². The van der Waals surface area contributed by atoms with Gasteiger partial charge in [-0.05, 0) is 47.9 Å². The van der Waals surface area contributed by atoms with Crippen LogP contribution in [0.5, 0.6) is 11.5 Å². The molecule has 0 unspecified atom stereocenters. The van der Waals surface area contributed by atoms with E-state index in [1.54, 1.807) is 18.2 Å². The van der Waals surface area contributed by atoms with Crippen LogP contribution in [0.25, 0.3) is 0 Å². The Balaban J connectivity index is 1.54. The van der Waals surface area contributed by atoms with Gasteiger partial charge in [0.25, 0.3) is 0 Å². The summed E-state index contributed by atoms with van der Waals surface area (Å²) >= 11 is 0. The van der Waals surface area contributed by atoms with E-state index in [2.05, 4.69) is 15.8 Å². The third kappa shape index (κ3) is 6.43. The number of nitrogens with zero attached hydrogens (tertiary/aromatic N) is 1. The summed E-state index contributed by atoms with van der Waals surface area (Å²) in [6, 6.07) is 22.4. The molecule has 0 aliphatic heterocycles. The first-order valence-corrected chi connectivity index (χ1v) is 9.61. The van der Waals surface area contributed by atoms with E-state index in [1.165, 1.54) is 13.3 Å². The van der Waals surface area contributed by atoms with Crippen molar-refractivity contribution in [3.63, 3.8) is 0 Å². The number of anilines is 1. The number of benzene rings is 3. The third-order valence-electron chi connectivity index (χ3n) is 4.30. The fraction of sp³-hybridized carbons (Fsp3) is 0.125. The van der Waals surface area contributed by atoms with Gasteiger partial charge in [0.1, 0.15) is 18.1 Å². The standard InChI is InChI=1S/C24H23N3O4/c1-17-11-12-22(30-2)21(13-17)26-23(28)24(29)27-25-15-19-9-6-10-20(14-19)31-16-18-7-4-3-5-8-18/h3-15H,16H2,1-2H3,(H,26,28)(H,27,29)/b25-15-. The Morgan fingerprint density at radius 2 is 1.77 bits per heavy atom. The Bertz CT molecular complexity index is 1080. The second kappa shape index (κ2) is 10.6. The van der Waals surface area contributed by atoms with Gasteiger partial charge in [-0.1, -0.05) is 48.5 Å². The van der Waals surface area contributed by atoms with Crippen molar-refractivity contribution in [2.24, 2.45) is 5.10 Å². The topological polar surface area (TPSA) is 89.0 Å². The Hall–Kier alpha value is -4.13. The molecule has 0 saturated heterocycles. The summed E-state index contributed by atoms with van der Waals surface area (Å²) in [5.74, 6) is -0.608. The zero-order chi connectivity index (χ0) is 22.1. The predicted molar refractivity (Wildman–Crippen MR) is 119 cm³/mol. The van der Waals surface area contributed by atoms with Crippen LogP contribution in [-0.2, 0) is 16.2 Å². The highest BCUT2D eigenvalue weighted by molar-refractivity contribution is 6.39. The summed E-state index contributed by atoms with van der Waals surface area (Å²) in [6.45, 7) is 2.32. The van der Waals surface area contributed by atoms with E-state index >= 15 is 0 Å². The molecule has 2 amide bonds. The number of hydrazone groups is 1. The van der Waals surface area contributed by atoms with Crippen molar-refractivity contribution in [3.8, 4) is 11.5 Å². The third-order valence-corrected chi connectivity index (χ3v) is 4.30. The molecule has 7 nitrogen and oxygen atoms in total. The number of ether oxygens (including phenoxy) is 2. The second-order valence-corrected chi connectivity index (χ2v) is 6.70. The quantitative estimate of drug-likeness (QED) is 0.349. The van der Waals surface area contributed by atoms with Gasteiger partial charge in [-0.2, -0.15) is 5.10 Å². The van der Waals surface area contributed by atoms with E-state index in [0.717, 1.165) is 11.1 Å². The number of methoxy groups -OCH3 is 1. The molecule has 158 valence electrons. The zero-order valence-corrected chi connectivity index (χ0v) is 17.3. The van der Waals surface area contributed by atoms with E-state index in [1.807, 2.05) is 61.5 Å². The smallest absolute Gasteiger partial charge is 0.329 e. The molecule has 3 aromatic carbocycles. The van der Waals surface area contributed by atoms with Gasteiger partial charge < -0.3 is 14.8 Å². The van der Waals surface area contributed by atoms with Crippen molar-refractivity contribution < 1.29 is 19.1 Å². The lowest BCUT2D eigenvalue weighted by Gasteiger charge is -2.10. The minimum absolute atomic E-state index is 0.412. The molecule has 0 spiro atoms. The molecule has 2 N–H and O–H groups in total. The van der Waals surface area contributed by atoms with Crippen molar-refractivity contribution in [2.45, 2.75) is 13.5 Å². The predicted octanol–water partition coefficient (Wildman–Crippen LogP) is 3.67. The highest BCUT2D eigenvalue weighted by Gasteiger charge is 2.15. The number of rotatable bonds is 7. The minimum Gasteiger partial charge on any atom is -0.495 e. The molecule has 0 bridgehead atoms. The Labute approximate surface area is 180 Å². The normalized spacial score (nSPS) is 10.5. The monoisotopic (exact) mass is 417 g/mol. The maximum atomic E-state index is 12.1. The molecule has 0 aliphatic rings. The molecular weight excluding hydrogens is 394 g/mol. The lowest BCUT2D eigenvalue weighted by molar-refractivity contribution is -0.136. The number of nitrogens with one attached hydrogen (secondary N) is 2. The molecule has 0 saturated carbocycles. The van der Waals surface area contributed by atoms with Crippen molar-refractivity contribution in [1.29, 1.82) is 0 Å². The van der Waals surface area contributed by atoms with Crippen LogP contribution in [0, 0.1) is 6.92 Å². The number of hydrogen-bond acceptors (Lipinski definition) is 5. The van der Waals surface area contributed by atoms with Gasteiger partial charge in [-0.3, -0.25) is 9.59 Å². The summed E-state index contributed by atoms with van der Waals surface area (Å²) in [4.78, 5) is 24.2. The SMILES string of the molecule is COc1ccc(C)cc1NC(=O)C(=O)N/N=C\c1cccc(OCc2ccccc2)c1. The number of carbonyl (C=O) groups is 2. The molecule has 0 atom stereocenters. The maximum Gasteiger partial charge on any atom is 0.329 e. The average Bonchev–Trinajstić information content (AvgIpc) is 2.79. The molecular formula is C24H23N3O4. The van der Waals surface area contributed by atoms with E-state index in [9.17, 15) is 9.59 Å². The van der Waals surface area contributed by atoms with Gasteiger partial charge in [0, 0.05) is 0 Å². The molecule has 0 aliphatic carbocycles. The maximum absolute atomic E-state index is 12.1. The largest absolute Gasteiger partial charge is 0.495 e. The summed E-state index contributed by atoms with van der Waals surface area (Å²) in [7, 11) is 1.49. The molecule has 0 fully saturated rings. The van der Waals surface area contributed by atoms with Gasteiger partial charge in [0.15, 0.2) is 0 Å². The summed E-state index contributed by atoms with van der Waals surface area (Å²) in [5, 5.41) is 6.37. The van der Waals surface area contributed by atoms with Crippen LogP contribution in [0.4, 0.5) is 5.69 Å². The van der Waals surface area contributed by atoms with Crippen molar-refractivity contribution in [2.75, 3.05) is 12.4 Å². The van der Waals surface area contributed by atoms with Gasteiger partial charge in [-0.25, -0.2) is 5.43 Å². The first-order valence-electron chi connectivity index (χ1n) is 9.61. The van der Waals surface area contributed by atoms with Crippen LogP contribution in [0.1, 0.15) is 16.7 Å². The second-order valence-electron chi connectivity index (χ2n) is 6.70. The average molecular weight is 417 g/mol. The highest BCUT2D eigenvalue weighted by Crippen LogP contribution is 2.25. The zero-order valence-electron chi connectivity index (χ0n) is 17.3. The molecule has 3 aromatic rings. The summed E-state index contributed by atoms with van der Waals surface area (Å²) in [6.07, 6.45) is 1.44. The first-order chi connectivity index (χ1) is 15.0. The van der Waals surface area contributed by atoms with Crippen molar-refractivity contribution >= 4 is 23.7 Å². The van der Waals surface area contributed by atoms with Gasteiger partial charge in [-0.15, -0.1) is 0 Å². The van der Waals surface area contributed by atoms with E-state index in [0.29, 0.717) is 29.4 Å². The van der Waals surface area contributed by atoms with Crippen molar-refractivity contribution in [1.82, 2.24) is 5.43 Å². The lowest BCUT2D eigenvalue weighted by Crippen LogP contribution is -2.32. The van der Waals surface area contributed by atoms with Gasteiger partial charge >= 0.3 is 11.8 Å². The molecule has 0 heterocycles. The molecule has 7 heteroatoms. The van der Waals surface area contributed by atoms with Crippen LogP contribution in [-0.4, -0.2) is 25.1 Å². The lowest BCUT2D eigenvalue weighted by atomic mass is 10.2. The number of hydrogen-bond donors (Lipinski definition) is 2. The fourth-order valence-corrected chi connectivity index (χ4v) is 2.74.